The molecule has 0 amide bonds. The molecule has 2 nitrogen and oxygen atoms in total. The van der Waals surface area contributed by atoms with Crippen LogP contribution >= 0.6 is 44.1 Å². The van der Waals surface area contributed by atoms with E-state index in [-0.39, 0.29) is 0 Å². The summed E-state index contributed by atoms with van der Waals surface area (Å²) < 4.78 is 2.01. The molecule has 0 aliphatic carbocycles. The van der Waals surface area contributed by atoms with Gasteiger partial charge in [-0.2, -0.15) is 0 Å². The highest BCUT2D eigenvalue weighted by molar-refractivity contribution is 9.10. The molecule has 2 aromatic rings. The van der Waals surface area contributed by atoms with Gasteiger partial charge in [-0.25, -0.2) is 0 Å². The lowest BCUT2D eigenvalue weighted by Crippen LogP contribution is -2.12. The molecule has 0 fully saturated rings. The molecule has 0 aliphatic rings. The second-order valence-corrected chi connectivity index (χ2v) is 6.35. The number of thiocarbonyl (C=S) groups is 1. The lowest BCUT2D eigenvalue weighted by Gasteiger charge is -2.12. The van der Waals surface area contributed by atoms with Crippen LogP contribution in [0.1, 0.15) is 11.1 Å². The molecule has 0 aromatic heterocycles. The molecule has 0 heterocycles. The van der Waals surface area contributed by atoms with Gasteiger partial charge in [-0.1, -0.05) is 50.1 Å². The Morgan fingerprint density at radius 1 is 1.16 bits per heavy atom. The molecule has 0 saturated carbocycles. The van der Waals surface area contributed by atoms with Crippen molar-refractivity contribution < 1.29 is 0 Å². The van der Waals surface area contributed by atoms with Gasteiger partial charge in [-0.05, 0) is 42.8 Å². The quantitative estimate of drug-likeness (QED) is 0.721. The topological polar surface area (TPSA) is 38.0 Å². The summed E-state index contributed by atoms with van der Waals surface area (Å²) in [7, 11) is 0. The van der Waals surface area contributed by atoms with Gasteiger partial charge in [0.2, 0.25) is 0 Å². The molecule has 5 heteroatoms. The van der Waals surface area contributed by atoms with Gasteiger partial charge in [-0.3, -0.25) is 0 Å². The fourth-order valence-corrected chi connectivity index (χ4v) is 2.56. The van der Waals surface area contributed by atoms with E-state index in [1.54, 1.807) is 0 Å². The standard InChI is InChI=1S/C14H12Br2N2S/c1-8-2-4-10(7-12(8)16)18-13-5-3-9(15)6-11(13)14(17)19/h2-7,18H,1H3,(H2,17,19). The number of halogens is 2. The van der Waals surface area contributed by atoms with Crippen molar-refractivity contribution in [2.75, 3.05) is 5.32 Å². The second kappa shape index (κ2) is 6.03. The lowest BCUT2D eigenvalue weighted by atomic mass is 10.1. The van der Waals surface area contributed by atoms with Crippen LogP contribution in [0.15, 0.2) is 45.3 Å². The Kier molecular flexibility index (Phi) is 4.60. The van der Waals surface area contributed by atoms with Gasteiger partial charge in [-0.15, -0.1) is 0 Å². The van der Waals surface area contributed by atoms with E-state index < -0.39 is 0 Å². The summed E-state index contributed by atoms with van der Waals surface area (Å²) in [4.78, 5) is 0.370. The van der Waals surface area contributed by atoms with E-state index in [1.165, 1.54) is 5.56 Å². The Morgan fingerprint density at radius 2 is 1.89 bits per heavy atom. The van der Waals surface area contributed by atoms with Gasteiger partial charge < -0.3 is 11.1 Å². The Balaban J connectivity index is 2.37. The van der Waals surface area contributed by atoms with Crippen molar-refractivity contribution in [1.29, 1.82) is 0 Å². The second-order valence-electron chi connectivity index (χ2n) is 4.14. The van der Waals surface area contributed by atoms with Crippen LogP contribution in [0, 0.1) is 6.92 Å². The molecule has 2 rings (SSSR count). The Labute approximate surface area is 134 Å². The zero-order chi connectivity index (χ0) is 14.0. The largest absolute Gasteiger partial charge is 0.389 e. The third kappa shape index (κ3) is 3.55. The fourth-order valence-electron chi connectivity index (χ4n) is 1.66. The van der Waals surface area contributed by atoms with Crippen LogP contribution in [0.5, 0.6) is 0 Å². The van der Waals surface area contributed by atoms with E-state index in [2.05, 4.69) is 37.2 Å². The SMILES string of the molecule is Cc1ccc(Nc2ccc(Br)cc2C(N)=S)cc1Br. The van der Waals surface area contributed by atoms with Crippen LogP contribution in [-0.2, 0) is 0 Å². The number of nitrogens with one attached hydrogen (secondary N) is 1. The Bertz CT molecular complexity index is 641. The van der Waals surface area contributed by atoms with Gasteiger partial charge in [0, 0.05) is 25.9 Å². The molecule has 19 heavy (non-hydrogen) atoms. The van der Waals surface area contributed by atoms with Crippen molar-refractivity contribution in [2.45, 2.75) is 6.92 Å². The number of anilines is 2. The molecule has 0 unspecified atom stereocenters. The summed E-state index contributed by atoms with van der Waals surface area (Å²) in [5.74, 6) is 0. The monoisotopic (exact) mass is 398 g/mol. The molecular weight excluding hydrogens is 388 g/mol. The molecule has 0 atom stereocenters. The van der Waals surface area contributed by atoms with Crippen LogP contribution in [-0.4, -0.2) is 4.99 Å². The number of hydrogen-bond acceptors (Lipinski definition) is 2. The van der Waals surface area contributed by atoms with E-state index in [4.69, 9.17) is 18.0 Å². The highest BCUT2D eigenvalue weighted by Gasteiger charge is 2.07. The molecule has 0 aliphatic heterocycles. The third-order valence-corrected chi connectivity index (χ3v) is 4.27. The van der Waals surface area contributed by atoms with E-state index in [0.717, 1.165) is 25.9 Å². The van der Waals surface area contributed by atoms with E-state index in [9.17, 15) is 0 Å². The first-order valence-electron chi connectivity index (χ1n) is 5.60. The smallest absolute Gasteiger partial charge is 0.106 e. The zero-order valence-corrected chi connectivity index (χ0v) is 14.2. The minimum Gasteiger partial charge on any atom is -0.389 e. The molecule has 0 bridgehead atoms. The van der Waals surface area contributed by atoms with E-state index >= 15 is 0 Å². The van der Waals surface area contributed by atoms with Crippen molar-refractivity contribution >= 4 is 60.4 Å². The van der Waals surface area contributed by atoms with Gasteiger partial charge >= 0.3 is 0 Å². The predicted molar refractivity (Wildman–Crippen MR) is 92.2 cm³/mol. The molecule has 0 radical (unpaired) electrons. The predicted octanol–water partition coefficient (Wildman–Crippen LogP) is 4.90. The Morgan fingerprint density at radius 3 is 2.53 bits per heavy atom. The van der Waals surface area contributed by atoms with E-state index in [1.807, 2.05) is 43.3 Å². The van der Waals surface area contributed by atoms with Crippen molar-refractivity contribution in [3.63, 3.8) is 0 Å². The summed E-state index contributed by atoms with van der Waals surface area (Å²) >= 11 is 12.0. The van der Waals surface area contributed by atoms with Gasteiger partial charge in [0.05, 0.1) is 0 Å². The van der Waals surface area contributed by atoms with Gasteiger partial charge in [0.15, 0.2) is 0 Å². The first-order valence-corrected chi connectivity index (χ1v) is 7.59. The first kappa shape index (κ1) is 14.5. The number of nitrogens with two attached hydrogens (primary N) is 1. The third-order valence-electron chi connectivity index (χ3n) is 2.70. The van der Waals surface area contributed by atoms with Crippen molar-refractivity contribution in [2.24, 2.45) is 5.73 Å². The van der Waals surface area contributed by atoms with Crippen LogP contribution < -0.4 is 11.1 Å². The normalized spacial score (nSPS) is 10.3. The van der Waals surface area contributed by atoms with Gasteiger partial charge in [0.25, 0.3) is 0 Å². The molecule has 0 saturated heterocycles. The van der Waals surface area contributed by atoms with Crippen LogP contribution in [0.3, 0.4) is 0 Å². The summed E-state index contributed by atoms with van der Waals surface area (Å²) in [5.41, 5.74) is 9.64. The Hall–Kier alpha value is -0.910. The summed E-state index contributed by atoms with van der Waals surface area (Å²) in [6, 6.07) is 11.9. The summed E-state index contributed by atoms with van der Waals surface area (Å²) in [6.07, 6.45) is 0. The minimum absolute atomic E-state index is 0.370. The van der Waals surface area contributed by atoms with Crippen LogP contribution in [0.2, 0.25) is 0 Å². The maximum atomic E-state index is 5.75. The molecule has 3 N–H and O–H groups in total. The first-order chi connectivity index (χ1) is 8.97. The molecule has 0 spiro atoms. The molecular formula is C14H12Br2N2S. The number of aryl methyl sites for hydroxylation is 1. The van der Waals surface area contributed by atoms with Crippen molar-refractivity contribution in [3.8, 4) is 0 Å². The minimum atomic E-state index is 0.370. The maximum Gasteiger partial charge on any atom is 0.106 e. The number of benzene rings is 2. The zero-order valence-electron chi connectivity index (χ0n) is 10.2. The van der Waals surface area contributed by atoms with Crippen molar-refractivity contribution in [3.05, 3.63) is 56.5 Å². The average molecular weight is 400 g/mol. The lowest BCUT2D eigenvalue weighted by molar-refractivity contribution is 1.41. The highest BCUT2D eigenvalue weighted by atomic mass is 79.9. The summed E-state index contributed by atoms with van der Waals surface area (Å²) in [5, 5.41) is 3.33. The van der Waals surface area contributed by atoms with Gasteiger partial charge in [0.1, 0.15) is 4.99 Å². The molecule has 98 valence electrons. The average Bonchev–Trinajstić information content (AvgIpc) is 2.36. The maximum absolute atomic E-state index is 5.75. The number of rotatable bonds is 3. The highest BCUT2D eigenvalue weighted by Crippen LogP contribution is 2.27. The number of hydrogen-bond donors (Lipinski definition) is 2. The fraction of sp³-hybridized carbons (Fsp3) is 0.0714. The van der Waals surface area contributed by atoms with Crippen LogP contribution in [0.4, 0.5) is 11.4 Å². The van der Waals surface area contributed by atoms with Crippen LogP contribution in [0.25, 0.3) is 0 Å². The summed E-state index contributed by atoms with van der Waals surface area (Å²) in [6.45, 7) is 2.05. The molecule has 2 aromatic carbocycles. The van der Waals surface area contributed by atoms with E-state index in [0.29, 0.717) is 4.99 Å². The van der Waals surface area contributed by atoms with Crippen molar-refractivity contribution in [1.82, 2.24) is 0 Å².